The predicted molar refractivity (Wildman–Crippen MR) is 107 cm³/mol. The number of amides is 1. The molecule has 6 nitrogen and oxygen atoms in total. The molecule has 3 rings (SSSR count). The second kappa shape index (κ2) is 9.73. The summed E-state index contributed by atoms with van der Waals surface area (Å²) in [6, 6.07) is 15.8. The van der Waals surface area contributed by atoms with Gasteiger partial charge in [-0.25, -0.2) is 5.43 Å². The highest BCUT2D eigenvalue weighted by molar-refractivity contribution is 5.83. The molecule has 142 valence electrons. The average molecular weight is 367 g/mol. The molecule has 0 saturated carbocycles. The Balaban J connectivity index is 1.43. The quantitative estimate of drug-likeness (QED) is 0.604. The Labute approximate surface area is 159 Å². The first-order valence-electron chi connectivity index (χ1n) is 9.21. The summed E-state index contributed by atoms with van der Waals surface area (Å²) in [5.41, 5.74) is 5.80. The van der Waals surface area contributed by atoms with Crippen LogP contribution in [0.15, 0.2) is 53.6 Å². The van der Waals surface area contributed by atoms with Gasteiger partial charge in [-0.1, -0.05) is 31.2 Å². The van der Waals surface area contributed by atoms with Gasteiger partial charge in [0.1, 0.15) is 5.75 Å². The Morgan fingerprint density at radius 1 is 1.15 bits per heavy atom. The van der Waals surface area contributed by atoms with Gasteiger partial charge in [0.05, 0.1) is 19.4 Å². The summed E-state index contributed by atoms with van der Waals surface area (Å²) in [5, 5.41) is 3.99. The number of rotatable bonds is 7. The smallest absolute Gasteiger partial charge is 0.277 e. The van der Waals surface area contributed by atoms with E-state index in [1.807, 2.05) is 36.4 Å². The number of carbonyl (C=O) groups excluding carboxylic acids is 1. The van der Waals surface area contributed by atoms with E-state index in [1.54, 1.807) is 6.21 Å². The number of carbonyl (C=O) groups is 1. The third-order valence-electron chi connectivity index (χ3n) is 4.37. The minimum atomic E-state index is -0.296. The van der Waals surface area contributed by atoms with E-state index < -0.39 is 0 Å². The van der Waals surface area contributed by atoms with Crippen LogP contribution >= 0.6 is 0 Å². The fourth-order valence-corrected chi connectivity index (χ4v) is 2.77. The third kappa shape index (κ3) is 5.82. The molecule has 0 aromatic heterocycles. The van der Waals surface area contributed by atoms with Crippen LogP contribution in [0.5, 0.6) is 5.75 Å². The van der Waals surface area contributed by atoms with E-state index >= 15 is 0 Å². The number of nitrogens with one attached hydrogen (secondary N) is 1. The molecule has 6 heteroatoms. The standard InChI is InChI=1S/C21H25N3O3/c1-2-17-5-9-20(10-6-17)27-16-21(25)23-22-15-18-3-7-19(8-4-18)24-11-13-26-14-12-24/h3-10,15H,2,11-14,16H2,1H3,(H,23,25)/b22-15-. The number of ether oxygens (including phenoxy) is 2. The van der Waals surface area contributed by atoms with Gasteiger partial charge in [0.25, 0.3) is 5.91 Å². The Kier molecular flexibility index (Phi) is 6.82. The van der Waals surface area contributed by atoms with Crippen molar-refractivity contribution in [3.05, 3.63) is 59.7 Å². The van der Waals surface area contributed by atoms with Crippen molar-refractivity contribution in [3.63, 3.8) is 0 Å². The summed E-state index contributed by atoms with van der Waals surface area (Å²) in [7, 11) is 0. The zero-order valence-corrected chi connectivity index (χ0v) is 15.6. The maximum absolute atomic E-state index is 11.8. The fraction of sp³-hybridized carbons (Fsp3) is 0.333. The Morgan fingerprint density at radius 3 is 2.52 bits per heavy atom. The zero-order valence-electron chi connectivity index (χ0n) is 15.6. The van der Waals surface area contributed by atoms with Gasteiger partial charge in [-0.2, -0.15) is 5.10 Å². The number of hydrogen-bond donors (Lipinski definition) is 1. The van der Waals surface area contributed by atoms with Gasteiger partial charge in [-0.15, -0.1) is 0 Å². The van der Waals surface area contributed by atoms with Gasteiger partial charge in [0, 0.05) is 18.8 Å². The number of nitrogens with zero attached hydrogens (tertiary/aromatic N) is 2. The van der Waals surface area contributed by atoms with Crippen LogP contribution in [0.25, 0.3) is 0 Å². The SMILES string of the molecule is CCc1ccc(OCC(=O)N/N=C\c2ccc(N3CCOCC3)cc2)cc1. The third-order valence-corrected chi connectivity index (χ3v) is 4.37. The van der Waals surface area contributed by atoms with Crippen molar-refractivity contribution < 1.29 is 14.3 Å². The number of hydrogen-bond acceptors (Lipinski definition) is 5. The second-order valence-electron chi connectivity index (χ2n) is 6.27. The molecule has 1 N–H and O–H groups in total. The van der Waals surface area contributed by atoms with Crippen molar-refractivity contribution in [2.45, 2.75) is 13.3 Å². The Bertz CT molecular complexity index is 751. The molecule has 1 aliphatic heterocycles. The molecule has 1 heterocycles. The van der Waals surface area contributed by atoms with Crippen LogP contribution in [-0.4, -0.2) is 45.0 Å². The number of morpholine rings is 1. The van der Waals surface area contributed by atoms with Gasteiger partial charge in [-0.3, -0.25) is 4.79 Å². The van der Waals surface area contributed by atoms with E-state index in [0.29, 0.717) is 5.75 Å². The minimum Gasteiger partial charge on any atom is -0.484 e. The molecule has 27 heavy (non-hydrogen) atoms. The average Bonchev–Trinajstić information content (AvgIpc) is 2.74. The van der Waals surface area contributed by atoms with Crippen LogP contribution in [0.1, 0.15) is 18.1 Å². The van der Waals surface area contributed by atoms with Crippen LogP contribution in [-0.2, 0) is 16.0 Å². The van der Waals surface area contributed by atoms with Crippen molar-refractivity contribution in [3.8, 4) is 5.75 Å². The molecule has 2 aromatic carbocycles. The summed E-state index contributed by atoms with van der Waals surface area (Å²) < 4.78 is 10.8. The molecule has 0 unspecified atom stereocenters. The van der Waals surface area contributed by atoms with Gasteiger partial charge >= 0.3 is 0 Å². The molecular formula is C21H25N3O3. The highest BCUT2D eigenvalue weighted by Gasteiger charge is 2.10. The molecule has 2 aromatic rings. The summed E-state index contributed by atoms with van der Waals surface area (Å²) in [5.74, 6) is 0.376. The van der Waals surface area contributed by atoms with E-state index in [1.165, 1.54) is 11.3 Å². The highest BCUT2D eigenvalue weighted by Crippen LogP contribution is 2.16. The van der Waals surface area contributed by atoms with Crippen LogP contribution in [0.2, 0.25) is 0 Å². The van der Waals surface area contributed by atoms with E-state index in [4.69, 9.17) is 9.47 Å². The first-order valence-corrected chi connectivity index (χ1v) is 9.21. The molecule has 1 saturated heterocycles. The lowest BCUT2D eigenvalue weighted by atomic mass is 10.2. The topological polar surface area (TPSA) is 63.2 Å². The fourth-order valence-electron chi connectivity index (χ4n) is 2.77. The van der Waals surface area contributed by atoms with Gasteiger partial charge in [0.15, 0.2) is 6.61 Å². The van der Waals surface area contributed by atoms with Gasteiger partial charge in [-0.05, 0) is 41.8 Å². The maximum atomic E-state index is 11.8. The molecule has 1 amide bonds. The predicted octanol–water partition coefficient (Wildman–Crippen LogP) is 2.61. The van der Waals surface area contributed by atoms with E-state index in [9.17, 15) is 4.79 Å². The van der Waals surface area contributed by atoms with Crippen LogP contribution in [0.4, 0.5) is 5.69 Å². The van der Waals surface area contributed by atoms with Crippen molar-refractivity contribution in [1.82, 2.24) is 5.43 Å². The first-order chi connectivity index (χ1) is 13.2. The molecule has 1 fully saturated rings. The molecular weight excluding hydrogens is 342 g/mol. The largest absolute Gasteiger partial charge is 0.484 e. The van der Waals surface area contributed by atoms with E-state index in [2.05, 4.69) is 34.5 Å². The van der Waals surface area contributed by atoms with Crippen molar-refractivity contribution in [2.24, 2.45) is 5.10 Å². The number of benzene rings is 2. The number of aryl methyl sites for hydroxylation is 1. The normalized spacial score (nSPS) is 14.3. The molecule has 0 bridgehead atoms. The molecule has 0 spiro atoms. The maximum Gasteiger partial charge on any atom is 0.277 e. The van der Waals surface area contributed by atoms with Crippen LogP contribution < -0.4 is 15.1 Å². The molecule has 0 radical (unpaired) electrons. The Morgan fingerprint density at radius 2 is 1.85 bits per heavy atom. The van der Waals surface area contributed by atoms with Crippen molar-refractivity contribution >= 4 is 17.8 Å². The lowest BCUT2D eigenvalue weighted by Gasteiger charge is -2.28. The monoisotopic (exact) mass is 367 g/mol. The molecule has 1 aliphatic rings. The molecule has 0 atom stereocenters. The van der Waals surface area contributed by atoms with E-state index in [0.717, 1.165) is 38.3 Å². The Hall–Kier alpha value is -2.86. The lowest BCUT2D eigenvalue weighted by Crippen LogP contribution is -2.36. The number of anilines is 1. The first kappa shape index (κ1) is 18.9. The van der Waals surface area contributed by atoms with E-state index in [-0.39, 0.29) is 12.5 Å². The second-order valence-corrected chi connectivity index (χ2v) is 6.27. The highest BCUT2D eigenvalue weighted by atomic mass is 16.5. The van der Waals surface area contributed by atoms with Gasteiger partial charge in [0.2, 0.25) is 0 Å². The van der Waals surface area contributed by atoms with Crippen LogP contribution in [0.3, 0.4) is 0 Å². The lowest BCUT2D eigenvalue weighted by molar-refractivity contribution is -0.123. The minimum absolute atomic E-state index is 0.0707. The number of hydrazone groups is 1. The molecule has 0 aliphatic carbocycles. The van der Waals surface area contributed by atoms with Crippen molar-refractivity contribution in [2.75, 3.05) is 37.8 Å². The summed E-state index contributed by atoms with van der Waals surface area (Å²) in [4.78, 5) is 14.1. The van der Waals surface area contributed by atoms with Gasteiger partial charge < -0.3 is 14.4 Å². The summed E-state index contributed by atoms with van der Waals surface area (Å²) in [6.07, 6.45) is 2.60. The van der Waals surface area contributed by atoms with Crippen molar-refractivity contribution in [1.29, 1.82) is 0 Å². The van der Waals surface area contributed by atoms with Crippen LogP contribution in [0, 0.1) is 0 Å². The summed E-state index contributed by atoms with van der Waals surface area (Å²) in [6.45, 7) is 5.37. The summed E-state index contributed by atoms with van der Waals surface area (Å²) >= 11 is 0. The zero-order chi connectivity index (χ0) is 18.9.